The number of carbonyl (C=O) groups is 1. The first-order valence-electron chi connectivity index (χ1n) is 3.63. The van der Waals surface area contributed by atoms with E-state index in [0.29, 0.717) is 22.5 Å². The number of hydrogen-bond donors (Lipinski definition) is 1. The van der Waals surface area contributed by atoms with Crippen LogP contribution in [0.2, 0.25) is 0 Å². The zero-order valence-electron chi connectivity index (χ0n) is 7.13. The van der Waals surface area contributed by atoms with Crippen LogP contribution in [0.1, 0.15) is 16.2 Å². The number of nitrogens with zero attached hydrogens (tertiary/aromatic N) is 1. The van der Waals surface area contributed by atoms with Gasteiger partial charge in [-0.15, -0.1) is 0 Å². The van der Waals surface area contributed by atoms with Gasteiger partial charge in [-0.25, -0.2) is 4.98 Å². The Balaban J connectivity index is 2.59. The molecule has 13 heavy (non-hydrogen) atoms. The molecule has 1 rings (SSSR count). The summed E-state index contributed by atoms with van der Waals surface area (Å²) in [5, 5.41) is 2.62. The molecule has 0 aliphatic carbocycles. The lowest BCUT2D eigenvalue weighted by Gasteiger charge is -2.00. The van der Waals surface area contributed by atoms with Crippen molar-refractivity contribution in [1.29, 1.82) is 0 Å². The first-order valence-corrected chi connectivity index (χ1v) is 4.42. The Morgan fingerprint density at radius 1 is 1.85 bits per heavy atom. The number of nitrogens with one attached hydrogen (secondary N) is 1. The van der Waals surface area contributed by atoms with Crippen LogP contribution in [-0.2, 0) is 0 Å². The Bertz CT molecular complexity index is 333. The number of oxazole rings is 1. The Labute approximate surface area is 84.2 Å². The zero-order valence-corrected chi connectivity index (χ0v) is 8.72. The summed E-state index contributed by atoms with van der Waals surface area (Å²) in [6.45, 7) is 5.65. The van der Waals surface area contributed by atoms with E-state index in [1.807, 2.05) is 0 Å². The molecule has 0 radical (unpaired) electrons. The van der Waals surface area contributed by atoms with Crippen LogP contribution < -0.4 is 5.32 Å². The van der Waals surface area contributed by atoms with Crippen molar-refractivity contribution in [2.45, 2.75) is 6.92 Å². The number of hydrogen-bond acceptors (Lipinski definition) is 3. The van der Waals surface area contributed by atoms with Gasteiger partial charge in [0.15, 0.2) is 12.1 Å². The monoisotopic (exact) mass is 244 g/mol. The average molecular weight is 245 g/mol. The molecule has 1 heterocycles. The van der Waals surface area contributed by atoms with Crippen LogP contribution in [0.15, 0.2) is 21.9 Å². The molecule has 0 saturated heterocycles. The van der Waals surface area contributed by atoms with E-state index in [2.05, 4.69) is 32.8 Å². The van der Waals surface area contributed by atoms with E-state index in [1.165, 1.54) is 6.39 Å². The Hall–Kier alpha value is -1.10. The van der Waals surface area contributed by atoms with Crippen LogP contribution in [0, 0.1) is 6.92 Å². The van der Waals surface area contributed by atoms with Crippen molar-refractivity contribution < 1.29 is 9.21 Å². The van der Waals surface area contributed by atoms with Gasteiger partial charge in [0.05, 0.1) is 0 Å². The molecule has 1 N–H and O–H groups in total. The highest BCUT2D eigenvalue weighted by atomic mass is 79.9. The number of carbonyl (C=O) groups excluding carboxylic acids is 1. The lowest BCUT2D eigenvalue weighted by molar-refractivity contribution is 0.0952. The maximum absolute atomic E-state index is 11.3. The summed E-state index contributed by atoms with van der Waals surface area (Å²) in [5.41, 5.74) is 0.314. The molecule has 5 heteroatoms. The van der Waals surface area contributed by atoms with E-state index in [1.54, 1.807) is 6.92 Å². The maximum atomic E-state index is 11.3. The fourth-order valence-corrected chi connectivity index (χ4v) is 0.923. The van der Waals surface area contributed by atoms with Gasteiger partial charge in [-0.1, -0.05) is 22.5 Å². The van der Waals surface area contributed by atoms with Crippen LogP contribution in [-0.4, -0.2) is 17.4 Å². The molecule has 0 aliphatic heterocycles. The lowest BCUT2D eigenvalue weighted by Crippen LogP contribution is -2.25. The Morgan fingerprint density at radius 3 is 3.00 bits per heavy atom. The summed E-state index contributed by atoms with van der Waals surface area (Å²) in [4.78, 5) is 15.1. The van der Waals surface area contributed by atoms with Crippen LogP contribution in [0.25, 0.3) is 0 Å². The predicted octanol–water partition coefficient (Wildman–Crippen LogP) is 1.62. The van der Waals surface area contributed by atoms with Crippen LogP contribution >= 0.6 is 15.9 Å². The maximum Gasteiger partial charge on any atom is 0.273 e. The van der Waals surface area contributed by atoms with Gasteiger partial charge in [-0.05, 0) is 6.92 Å². The van der Waals surface area contributed by atoms with Gasteiger partial charge in [-0.2, -0.15) is 0 Å². The minimum absolute atomic E-state index is 0.258. The van der Waals surface area contributed by atoms with Gasteiger partial charge in [0.25, 0.3) is 5.91 Å². The lowest BCUT2D eigenvalue weighted by atomic mass is 10.3. The van der Waals surface area contributed by atoms with Crippen molar-refractivity contribution in [3.63, 3.8) is 0 Å². The van der Waals surface area contributed by atoms with E-state index in [-0.39, 0.29) is 5.91 Å². The normalized spacial score (nSPS) is 9.69. The van der Waals surface area contributed by atoms with E-state index < -0.39 is 0 Å². The standard InChI is InChI=1S/C8H9BrN2O2/c1-5(9)3-10-8(12)7-6(2)13-4-11-7/h4H,1,3H2,2H3,(H,10,12). The summed E-state index contributed by atoms with van der Waals surface area (Å²) >= 11 is 3.13. The van der Waals surface area contributed by atoms with Crippen molar-refractivity contribution >= 4 is 21.8 Å². The number of aromatic nitrogens is 1. The Morgan fingerprint density at radius 2 is 2.54 bits per heavy atom. The molecule has 0 fully saturated rings. The second-order valence-electron chi connectivity index (χ2n) is 2.46. The quantitative estimate of drug-likeness (QED) is 0.880. The molecule has 0 bridgehead atoms. The largest absolute Gasteiger partial charge is 0.448 e. The molecule has 70 valence electrons. The third-order valence-corrected chi connectivity index (χ3v) is 1.68. The molecule has 0 spiro atoms. The van der Waals surface area contributed by atoms with Gasteiger partial charge in [-0.3, -0.25) is 4.79 Å². The van der Waals surface area contributed by atoms with Crippen molar-refractivity contribution in [3.8, 4) is 0 Å². The van der Waals surface area contributed by atoms with Crippen LogP contribution in [0.5, 0.6) is 0 Å². The topological polar surface area (TPSA) is 55.1 Å². The number of halogens is 1. The highest BCUT2D eigenvalue weighted by molar-refractivity contribution is 9.11. The molecule has 4 nitrogen and oxygen atoms in total. The van der Waals surface area contributed by atoms with Gasteiger partial charge >= 0.3 is 0 Å². The number of aryl methyl sites for hydroxylation is 1. The summed E-state index contributed by atoms with van der Waals surface area (Å²) in [5.74, 6) is 0.254. The third-order valence-electron chi connectivity index (χ3n) is 1.40. The van der Waals surface area contributed by atoms with Crippen molar-refractivity contribution in [2.75, 3.05) is 6.54 Å². The van der Waals surface area contributed by atoms with Gasteiger partial charge in [0.2, 0.25) is 0 Å². The smallest absolute Gasteiger partial charge is 0.273 e. The highest BCUT2D eigenvalue weighted by Gasteiger charge is 2.12. The SMILES string of the molecule is C=C(Br)CNC(=O)c1ncoc1C. The first-order chi connectivity index (χ1) is 6.11. The predicted molar refractivity (Wildman–Crippen MR) is 51.6 cm³/mol. The zero-order chi connectivity index (χ0) is 9.84. The molecule has 0 aromatic carbocycles. The molecule has 1 aromatic heterocycles. The fourth-order valence-electron chi connectivity index (χ4n) is 0.783. The van der Waals surface area contributed by atoms with E-state index in [0.717, 1.165) is 0 Å². The molecular formula is C8H9BrN2O2. The first kappa shape index (κ1) is 9.98. The van der Waals surface area contributed by atoms with Gasteiger partial charge < -0.3 is 9.73 Å². The minimum Gasteiger partial charge on any atom is -0.448 e. The molecular weight excluding hydrogens is 236 g/mol. The van der Waals surface area contributed by atoms with Crippen molar-refractivity contribution in [2.24, 2.45) is 0 Å². The van der Waals surface area contributed by atoms with E-state index in [4.69, 9.17) is 4.42 Å². The van der Waals surface area contributed by atoms with Crippen molar-refractivity contribution in [3.05, 3.63) is 28.9 Å². The second-order valence-corrected chi connectivity index (χ2v) is 3.58. The average Bonchev–Trinajstić information content (AvgIpc) is 2.47. The molecule has 0 saturated carbocycles. The third kappa shape index (κ3) is 2.69. The fraction of sp³-hybridized carbons (Fsp3) is 0.250. The summed E-state index contributed by atoms with van der Waals surface area (Å²) in [7, 11) is 0. The van der Waals surface area contributed by atoms with Crippen LogP contribution in [0.4, 0.5) is 0 Å². The van der Waals surface area contributed by atoms with Crippen molar-refractivity contribution in [1.82, 2.24) is 10.3 Å². The molecule has 1 aromatic rings. The molecule has 0 aliphatic rings. The highest BCUT2D eigenvalue weighted by Crippen LogP contribution is 2.04. The van der Waals surface area contributed by atoms with E-state index >= 15 is 0 Å². The number of rotatable bonds is 3. The number of amides is 1. The van der Waals surface area contributed by atoms with Crippen LogP contribution in [0.3, 0.4) is 0 Å². The van der Waals surface area contributed by atoms with Gasteiger partial charge in [0, 0.05) is 11.0 Å². The van der Waals surface area contributed by atoms with E-state index in [9.17, 15) is 4.79 Å². The molecule has 1 amide bonds. The summed E-state index contributed by atoms with van der Waals surface area (Å²) < 4.78 is 5.60. The Kier molecular flexibility index (Phi) is 3.25. The summed E-state index contributed by atoms with van der Waals surface area (Å²) in [6.07, 6.45) is 1.24. The minimum atomic E-state index is -0.258. The second kappa shape index (κ2) is 4.23. The molecule has 0 atom stereocenters. The summed E-state index contributed by atoms with van der Waals surface area (Å²) in [6, 6.07) is 0. The van der Waals surface area contributed by atoms with Gasteiger partial charge in [0.1, 0.15) is 5.76 Å². The molecule has 0 unspecified atom stereocenters.